The van der Waals surface area contributed by atoms with Crippen LogP contribution >= 0.6 is 45.8 Å². The van der Waals surface area contributed by atoms with Gasteiger partial charge in [-0.2, -0.15) is 9.94 Å². The molecule has 2 aromatic rings. The molecule has 0 fully saturated rings. The maximum atomic E-state index is 11.8. The summed E-state index contributed by atoms with van der Waals surface area (Å²) in [6, 6.07) is 4.41. The predicted octanol–water partition coefficient (Wildman–Crippen LogP) is 1.91. The maximum absolute atomic E-state index is 11.8. The van der Waals surface area contributed by atoms with Gasteiger partial charge in [-0.25, -0.2) is 4.79 Å². The van der Waals surface area contributed by atoms with E-state index >= 15 is 0 Å². The van der Waals surface area contributed by atoms with E-state index in [-0.39, 0.29) is 15.7 Å². The molecule has 1 aromatic carbocycles. The smallest absolute Gasteiger partial charge is 0.349 e. The minimum Gasteiger partial charge on any atom is -0.490 e. The molecule has 0 saturated heterocycles. The monoisotopic (exact) mass is 452 g/mol. The van der Waals surface area contributed by atoms with Crippen molar-refractivity contribution in [3.63, 3.8) is 0 Å². The number of alkyl halides is 1. The Hall–Kier alpha value is -1.57. The number of nitrogens with zero attached hydrogens (tertiary/aromatic N) is 3. The number of nitriles is 1. The number of aromatic nitrogens is 3. The normalized spacial score (nSPS) is 10.3. The second-order valence-electron chi connectivity index (χ2n) is 3.91. The average Bonchev–Trinajstić information content (AvgIpc) is 2.46. The van der Waals surface area contributed by atoms with Crippen molar-refractivity contribution in [3.05, 3.63) is 48.7 Å². The molecule has 1 N–H and O–H groups in total. The fourth-order valence-corrected chi connectivity index (χ4v) is 2.40. The molecular weight excluding hydrogens is 446 g/mol. The number of benzene rings is 1. The maximum Gasteiger partial charge on any atom is 0.349 e. The van der Waals surface area contributed by atoms with Crippen LogP contribution in [0.25, 0.3) is 5.69 Å². The second-order valence-corrected chi connectivity index (χ2v) is 5.80. The van der Waals surface area contributed by atoms with Gasteiger partial charge in [0.05, 0.1) is 22.3 Å². The van der Waals surface area contributed by atoms with Crippen molar-refractivity contribution >= 4 is 45.8 Å². The number of hydrogen-bond donors (Lipinski definition) is 1. The Labute approximate surface area is 147 Å². The zero-order valence-corrected chi connectivity index (χ0v) is 14.4. The van der Waals surface area contributed by atoms with E-state index in [1.165, 1.54) is 12.1 Å². The molecule has 1 aromatic heterocycles. The van der Waals surface area contributed by atoms with Gasteiger partial charge in [-0.15, -0.1) is 5.10 Å². The van der Waals surface area contributed by atoms with E-state index in [1.807, 2.05) is 4.98 Å². The highest BCUT2D eigenvalue weighted by molar-refractivity contribution is 14.1. The fourth-order valence-electron chi connectivity index (χ4n) is 1.60. The quantitative estimate of drug-likeness (QED) is 0.564. The third-order valence-electron chi connectivity index (χ3n) is 2.48. The van der Waals surface area contributed by atoms with Crippen LogP contribution in [0.1, 0.15) is 5.69 Å². The second kappa shape index (κ2) is 7.13. The Bertz CT molecular complexity index is 849. The number of H-pyrrole nitrogens is 1. The summed E-state index contributed by atoms with van der Waals surface area (Å²) in [7, 11) is 0. The Balaban J connectivity index is 2.58. The molecule has 0 amide bonds. The van der Waals surface area contributed by atoms with Crippen LogP contribution in [0.2, 0.25) is 10.0 Å². The van der Waals surface area contributed by atoms with E-state index in [0.717, 1.165) is 9.11 Å². The van der Waals surface area contributed by atoms with Crippen molar-refractivity contribution in [1.29, 1.82) is 5.26 Å². The van der Waals surface area contributed by atoms with Gasteiger partial charge in [-0.05, 0) is 12.1 Å². The van der Waals surface area contributed by atoms with Crippen LogP contribution in [0.5, 0.6) is 5.75 Å². The third-order valence-corrected chi connectivity index (χ3v) is 3.49. The molecule has 2 rings (SSSR count). The summed E-state index contributed by atoms with van der Waals surface area (Å²) in [5.74, 6) is 0.293. The fraction of sp³-hybridized carbons (Fsp3) is 0.167. The zero-order chi connectivity index (χ0) is 16.3. The van der Waals surface area contributed by atoms with Crippen LogP contribution < -0.4 is 16.0 Å². The van der Waals surface area contributed by atoms with E-state index in [4.69, 9.17) is 33.2 Å². The summed E-state index contributed by atoms with van der Waals surface area (Å²) in [4.78, 5) is 25.1. The van der Waals surface area contributed by atoms with Gasteiger partial charge < -0.3 is 4.74 Å². The lowest BCUT2D eigenvalue weighted by Crippen LogP contribution is -2.33. The topological polar surface area (TPSA) is 101 Å². The van der Waals surface area contributed by atoms with Crippen molar-refractivity contribution in [2.45, 2.75) is 0 Å². The molecule has 0 atom stereocenters. The highest BCUT2D eigenvalue weighted by Gasteiger charge is 2.14. The molecule has 0 aliphatic carbocycles. The van der Waals surface area contributed by atoms with Gasteiger partial charge in [-0.1, -0.05) is 45.8 Å². The highest BCUT2D eigenvalue weighted by Crippen LogP contribution is 2.34. The molecular formula is C12H7Cl2IN4O3. The molecule has 7 nitrogen and oxygen atoms in total. The molecule has 0 bridgehead atoms. The molecule has 0 radical (unpaired) electrons. The van der Waals surface area contributed by atoms with Crippen LogP contribution in [-0.2, 0) is 0 Å². The van der Waals surface area contributed by atoms with E-state index in [1.54, 1.807) is 6.07 Å². The Morgan fingerprint density at radius 1 is 1.36 bits per heavy atom. The highest BCUT2D eigenvalue weighted by atomic mass is 127. The summed E-state index contributed by atoms with van der Waals surface area (Å²) in [6.45, 7) is 0.425. The van der Waals surface area contributed by atoms with Crippen LogP contribution in [0.15, 0.2) is 21.7 Å². The molecule has 1 heterocycles. The van der Waals surface area contributed by atoms with Crippen molar-refractivity contribution in [3.8, 4) is 17.5 Å². The first-order chi connectivity index (χ1) is 10.5. The average molecular weight is 453 g/mol. The van der Waals surface area contributed by atoms with Crippen molar-refractivity contribution in [2.75, 3.05) is 11.0 Å². The van der Waals surface area contributed by atoms with Gasteiger partial charge in [0.25, 0.3) is 5.56 Å². The first-order valence-electron chi connectivity index (χ1n) is 5.80. The van der Waals surface area contributed by atoms with Crippen molar-refractivity contribution < 1.29 is 4.74 Å². The lowest BCUT2D eigenvalue weighted by Gasteiger charge is -2.11. The predicted molar refractivity (Wildman–Crippen MR) is 89.6 cm³/mol. The molecule has 0 aliphatic rings. The van der Waals surface area contributed by atoms with E-state index in [0.29, 0.717) is 12.4 Å². The Morgan fingerprint density at radius 3 is 2.55 bits per heavy atom. The van der Waals surface area contributed by atoms with Gasteiger partial charge in [0.15, 0.2) is 5.75 Å². The number of nitrogens with one attached hydrogen (secondary N) is 1. The third kappa shape index (κ3) is 3.43. The molecule has 10 heteroatoms. The summed E-state index contributed by atoms with van der Waals surface area (Å²) in [6.07, 6.45) is 0. The molecule has 0 spiro atoms. The van der Waals surface area contributed by atoms with Crippen LogP contribution in [0.3, 0.4) is 0 Å². The molecule has 0 aliphatic heterocycles. The summed E-state index contributed by atoms with van der Waals surface area (Å²) in [5.41, 5.74) is -1.91. The SMILES string of the molecule is N#Cc1nn(-c2cc(Cl)c(OCCI)c(Cl)c2)c(=O)[nH]c1=O. The van der Waals surface area contributed by atoms with Gasteiger partial charge in [0.2, 0.25) is 5.69 Å². The number of halogens is 3. The Kier molecular flexibility index (Phi) is 5.44. The summed E-state index contributed by atoms with van der Waals surface area (Å²) < 4.78 is 6.99. The lowest BCUT2D eigenvalue weighted by molar-refractivity contribution is 0.347. The van der Waals surface area contributed by atoms with Gasteiger partial charge in [0.1, 0.15) is 6.07 Å². The zero-order valence-electron chi connectivity index (χ0n) is 10.8. The van der Waals surface area contributed by atoms with E-state index in [9.17, 15) is 9.59 Å². The minimum atomic E-state index is -0.858. The number of hydrogen-bond acceptors (Lipinski definition) is 5. The van der Waals surface area contributed by atoms with Gasteiger partial charge in [-0.3, -0.25) is 9.78 Å². The largest absolute Gasteiger partial charge is 0.490 e. The number of ether oxygens (including phenoxy) is 1. The molecule has 0 saturated carbocycles. The van der Waals surface area contributed by atoms with Gasteiger partial charge in [0, 0.05) is 4.43 Å². The summed E-state index contributed by atoms with van der Waals surface area (Å²) >= 11 is 14.3. The minimum absolute atomic E-state index is 0.186. The number of aromatic amines is 1. The first kappa shape index (κ1) is 16.8. The van der Waals surface area contributed by atoms with E-state index < -0.39 is 16.9 Å². The molecule has 0 unspecified atom stereocenters. The lowest BCUT2D eigenvalue weighted by atomic mass is 10.3. The van der Waals surface area contributed by atoms with Crippen LogP contribution in [0.4, 0.5) is 0 Å². The van der Waals surface area contributed by atoms with Crippen molar-refractivity contribution in [2.24, 2.45) is 0 Å². The molecule has 114 valence electrons. The van der Waals surface area contributed by atoms with Crippen molar-refractivity contribution in [1.82, 2.24) is 14.8 Å². The van der Waals surface area contributed by atoms with Gasteiger partial charge >= 0.3 is 5.69 Å². The molecule has 22 heavy (non-hydrogen) atoms. The number of rotatable bonds is 4. The van der Waals surface area contributed by atoms with Crippen LogP contribution in [-0.4, -0.2) is 25.8 Å². The first-order valence-corrected chi connectivity index (χ1v) is 8.08. The standard InChI is InChI=1S/C12H7Cl2IN4O3/c13-7-3-6(4-8(14)10(7)22-2-1-15)19-12(21)17-11(20)9(5-16)18-19/h3-4H,1-2H2,(H,17,20,21). The Morgan fingerprint density at radius 2 is 2.00 bits per heavy atom. The summed E-state index contributed by atoms with van der Waals surface area (Å²) in [5, 5.41) is 12.9. The van der Waals surface area contributed by atoms with E-state index in [2.05, 4.69) is 27.7 Å². The van der Waals surface area contributed by atoms with Crippen LogP contribution in [0, 0.1) is 11.3 Å².